The molecule has 0 heterocycles. The highest BCUT2D eigenvalue weighted by Gasteiger charge is 2.33. The topological polar surface area (TPSA) is 58.6 Å². The van der Waals surface area contributed by atoms with E-state index in [1.165, 1.54) is 6.42 Å². The number of hydrogen-bond acceptors (Lipinski definition) is 3. The maximum atomic E-state index is 12.3. The fourth-order valence-electron chi connectivity index (χ4n) is 2.63. The maximum Gasteiger partial charge on any atom is 0.251 e. The van der Waals surface area contributed by atoms with Crippen molar-refractivity contribution in [3.63, 3.8) is 0 Å². The number of carbonyl (C=O) groups is 1. The lowest BCUT2D eigenvalue weighted by Crippen LogP contribution is -2.52. The zero-order valence-electron chi connectivity index (χ0n) is 11.3. The minimum absolute atomic E-state index is 0.00269. The summed E-state index contributed by atoms with van der Waals surface area (Å²) in [6.45, 7) is 0.00269. The first kappa shape index (κ1) is 13.9. The molecule has 0 spiro atoms. The van der Waals surface area contributed by atoms with Crippen LogP contribution in [0.25, 0.3) is 0 Å². The van der Waals surface area contributed by atoms with Crippen LogP contribution in [0.5, 0.6) is 5.75 Å². The Balaban J connectivity index is 2.10. The third-order valence-electron chi connectivity index (χ3n) is 3.82. The lowest BCUT2D eigenvalue weighted by molar-refractivity contribution is 0.0758. The van der Waals surface area contributed by atoms with Crippen molar-refractivity contribution in [2.45, 2.75) is 37.6 Å². The van der Waals surface area contributed by atoms with Crippen LogP contribution in [0.15, 0.2) is 24.3 Å². The molecule has 0 bridgehead atoms. The maximum absolute atomic E-state index is 12.3. The normalized spacial score (nSPS) is 17.8. The first-order chi connectivity index (χ1) is 9.19. The summed E-state index contributed by atoms with van der Waals surface area (Å²) in [5.41, 5.74) is 0.121. The summed E-state index contributed by atoms with van der Waals surface area (Å²) < 4.78 is 5.12. The fraction of sp³-hybridized carbons (Fsp3) is 0.533. The molecule has 0 aliphatic heterocycles. The average molecular weight is 263 g/mol. The van der Waals surface area contributed by atoms with E-state index in [4.69, 9.17) is 4.74 Å². The molecule has 2 N–H and O–H groups in total. The van der Waals surface area contributed by atoms with E-state index in [9.17, 15) is 9.90 Å². The van der Waals surface area contributed by atoms with E-state index in [1.807, 2.05) is 0 Å². The predicted octanol–water partition coefficient (Wildman–Crippen LogP) is 2.12. The van der Waals surface area contributed by atoms with Crippen molar-refractivity contribution in [1.29, 1.82) is 0 Å². The van der Waals surface area contributed by atoms with Gasteiger partial charge < -0.3 is 15.2 Å². The number of nitrogens with one attached hydrogen (secondary N) is 1. The zero-order valence-corrected chi connectivity index (χ0v) is 11.3. The molecule has 0 unspecified atom stereocenters. The van der Waals surface area contributed by atoms with Crippen molar-refractivity contribution in [2.75, 3.05) is 13.7 Å². The highest BCUT2D eigenvalue weighted by atomic mass is 16.5. The summed E-state index contributed by atoms with van der Waals surface area (Å²) in [6, 6.07) is 7.06. The van der Waals surface area contributed by atoms with Crippen molar-refractivity contribution < 1.29 is 14.6 Å². The van der Waals surface area contributed by atoms with Gasteiger partial charge in [0, 0.05) is 5.56 Å². The minimum Gasteiger partial charge on any atom is -0.497 e. The highest BCUT2D eigenvalue weighted by Crippen LogP contribution is 2.28. The molecule has 2 rings (SSSR count). The van der Waals surface area contributed by atoms with Crippen LogP contribution in [0.2, 0.25) is 0 Å². The third kappa shape index (κ3) is 3.26. The number of aliphatic hydroxyl groups excluding tert-OH is 1. The Kier molecular flexibility index (Phi) is 4.43. The van der Waals surface area contributed by atoms with E-state index in [0.717, 1.165) is 25.7 Å². The van der Waals surface area contributed by atoms with Gasteiger partial charge in [-0.05, 0) is 31.0 Å². The van der Waals surface area contributed by atoms with Crippen LogP contribution in [0.1, 0.15) is 42.5 Å². The molecule has 104 valence electrons. The van der Waals surface area contributed by atoms with Gasteiger partial charge in [0.15, 0.2) is 0 Å². The van der Waals surface area contributed by atoms with Gasteiger partial charge in [0.2, 0.25) is 0 Å². The van der Waals surface area contributed by atoms with Crippen LogP contribution >= 0.6 is 0 Å². The van der Waals surface area contributed by atoms with E-state index >= 15 is 0 Å². The average Bonchev–Trinajstić information content (AvgIpc) is 2.48. The smallest absolute Gasteiger partial charge is 0.251 e. The summed E-state index contributed by atoms with van der Waals surface area (Å²) >= 11 is 0. The number of carbonyl (C=O) groups excluding carboxylic acids is 1. The first-order valence-electron chi connectivity index (χ1n) is 6.76. The summed E-state index contributed by atoms with van der Waals surface area (Å²) in [6.07, 6.45) is 4.98. The summed E-state index contributed by atoms with van der Waals surface area (Å²) in [4.78, 5) is 12.3. The Morgan fingerprint density at radius 2 is 2.11 bits per heavy atom. The van der Waals surface area contributed by atoms with Crippen LogP contribution in [0.4, 0.5) is 0 Å². The third-order valence-corrected chi connectivity index (χ3v) is 3.82. The number of aliphatic hydroxyl groups is 1. The van der Waals surface area contributed by atoms with Crippen molar-refractivity contribution in [3.8, 4) is 5.75 Å². The van der Waals surface area contributed by atoms with Crippen LogP contribution in [-0.4, -0.2) is 30.3 Å². The van der Waals surface area contributed by atoms with Gasteiger partial charge in [-0.2, -0.15) is 0 Å². The highest BCUT2D eigenvalue weighted by molar-refractivity contribution is 5.95. The molecule has 1 aliphatic rings. The molecule has 4 nitrogen and oxygen atoms in total. The molecule has 19 heavy (non-hydrogen) atoms. The molecule has 0 aromatic heterocycles. The number of rotatable bonds is 4. The molecule has 1 aromatic carbocycles. The van der Waals surface area contributed by atoms with Crippen LogP contribution < -0.4 is 10.1 Å². The van der Waals surface area contributed by atoms with Gasteiger partial charge in [0.1, 0.15) is 5.75 Å². The predicted molar refractivity (Wildman–Crippen MR) is 73.4 cm³/mol. The van der Waals surface area contributed by atoms with E-state index in [0.29, 0.717) is 11.3 Å². The van der Waals surface area contributed by atoms with Crippen LogP contribution in [0, 0.1) is 0 Å². The molecule has 1 amide bonds. The van der Waals surface area contributed by atoms with E-state index in [-0.39, 0.29) is 12.5 Å². The van der Waals surface area contributed by atoms with Crippen molar-refractivity contribution >= 4 is 5.91 Å². The molecule has 1 aliphatic carbocycles. The molecule has 1 saturated carbocycles. The minimum atomic E-state index is -0.446. The van der Waals surface area contributed by atoms with E-state index in [1.54, 1.807) is 31.4 Å². The molecular formula is C15H21NO3. The Bertz CT molecular complexity index is 439. The molecule has 1 aromatic rings. The fourth-order valence-corrected chi connectivity index (χ4v) is 2.63. The quantitative estimate of drug-likeness (QED) is 0.874. The lowest BCUT2D eigenvalue weighted by Gasteiger charge is -2.36. The van der Waals surface area contributed by atoms with Gasteiger partial charge in [-0.1, -0.05) is 25.3 Å². The Labute approximate surface area is 113 Å². The van der Waals surface area contributed by atoms with Crippen molar-refractivity contribution in [3.05, 3.63) is 29.8 Å². The largest absolute Gasteiger partial charge is 0.497 e. The van der Waals surface area contributed by atoms with Crippen molar-refractivity contribution in [1.82, 2.24) is 5.32 Å². The number of ether oxygens (including phenoxy) is 1. The van der Waals surface area contributed by atoms with Gasteiger partial charge in [-0.3, -0.25) is 4.79 Å². The van der Waals surface area contributed by atoms with Gasteiger partial charge in [-0.25, -0.2) is 0 Å². The summed E-state index contributed by atoms with van der Waals surface area (Å²) in [5.74, 6) is 0.518. The number of benzene rings is 1. The molecule has 1 fully saturated rings. The number of amides is 1. The first-order valence-corrected chi connectivity index (χ1v) is 6.76. The molecule has 0 atom stereocenters. The van der Waals surface area contributed by atoms with Gasteiger partial charge in [-0.15, -0.1) is 0 Å². The Hall–Kier alpha value is -1.55. The standard InChI is InChI=1S/C15H21NO3/c1-19-13-7-5-6-12(10-13)14(18)16-15(11-17)8-3-2-4-9-15/h5-7,10,17H,2-4,8-9,11H2,1H3,(H,16,18). The van der Waals surface area contributed by atoms with Gasteiger partial charge in [0.25, 0.3) is 5.91 Å². The molecule has 4 heteroatoms. The SMILES string of the molecule is COc1cccc(C(=O)NC2(CO)CCCCC2)c1. The van der Waals surface area contributed by atoms with Crippen LogP contribution in [-0.2, 0) is 0 Å². The Morgan fingerprint density at radius 3 is 2.74 bits per heavy atom. The lowest BCUT2D eigenvalue weighted by atomic mass is 9.82. The second-order valence-corrected chi connectivity index (χ2v) is 5.19. The molecular weight excluding hydrogens is 242 g/mol. The molecule has 0 saturated heterocycles. The monoisotopic (exact) mass is 263 g/mol. The van der Waals surface area contributed by atoms with Gasteiger partial charge in [0.05, 0.1) is 19.3 Å². The number of methoxy groups -OCH3 is 1. The molecule has 0 radical (unpaired) electrons. The summed E-state index contributed by atoms with van der Waals surface area (Å²) in [5, 5.41) is 12.6. The van der Waals surface area contributed by atoms with Crippen LogP contribution in [0.3, 0.4) is 0 Å². The zero-order chi connectivity index (χ0) is 13.7. The van der Waals surface area contributed by atoms with Gasteiger partial charge >= 0.3 is 0 Å². The summed E-state index contributed by atoms with van der Waals surface area (Å²) in [7, 11) is 1.58. The Morgan fingerprint density at radius 1 is 1.37 bits per heavy atom. The number of hydrogen-bond donors (Lipinski definition) is 2. The van der Waals surface area contributed by atoms with E-state index < -0.39 is 5.54 Å². The second-order valence-electron chi connectivity index (χ2n) is 5.19. The van der Waals surface area contributed by atoms with Crippen molar-refractivity contribution in [2.24, 2.45) is 0 Å². The van der Waals surface area contributed by atoms with E-state index in [2.05, 4.69) is 5.32 Å². The second kappa shape index (κ2) is 6.06.